The number of aliphatic imine (C=N–C) groups is 1. The molecule has 0 aliphatic rings. The lowest BCUT2D eigenvalue weighted by atomic mass is 9.91. The summed E-state index contributed by atoms with van der Waals surface area (Å²) in [7, 11) is 0. The number of hydrogen-bond acceptors (Lipinski definition) is 2. The van der Waals surface area contributed by atoms with Crippen LogP contribution in [0, 0.1) is 0 Å². The molecule has 1 nitrogen and oxygen atoms in total. The van der Waals surface area contributed by atoms with E-state index < -0.39 is 0 Å². The molecule has 0 heterocycles. The summed E-state index contributed by atoms with van der Waals surface area (Å²) >= 11 is 4.96. The zero-order chi connectivity index (χ0) is 18.5. The van der Waals surface area contributed by atoms with Gasteiger partial charge < -0.3 is 0 Å². The van der Waals surface area contributed by atoms with Crippen molar-refractivity contribution in [3.8, 4) is 33.4 Å². The van der Waals surface area contributed by atoms with Crippen molar-refractivity contribution in [1.29, 1.82) is 0 Å². The van der Waals surface area contributed by atoms with Crippen molar-refractivity contribution >= 4 is 23.1 Å². The van der Waals surface area contributed by atoms with Crippen LogP contribution in [0.2, 0.25) is 0 Å². The first-order valence-electron chi connectivity index (χ1n) is 8.79. The van der Waals surface area contributed by atoms with E-state index in [1.807, 2.05) is 42.5 Å². The zero-order valence-corrected chi connectivity index (χ0v) is 15.5. The van der Waals surface area contributed by atoms with Gasteiger partial charge in [-0.2, -0.15) is 4.99 Å². The summed E-state index contributed by atoms with van der Waals surface area (Å²) < 4.78 is 0. The fourth-order valence-electron chi connectivity index (χ4n) is 3.27. The predicted octanol–water partition coefficient (Wildman–Crippen LogP) is 7.42. The van der Waals surface area contributed by atoms with Crippen LogP contribution in [0.3, 0.4) is 0 Å². The first kappa shape index (κ1) is 17.1. The van der Waals surface area contributed by atoms with Gasteiger partial charge in [0.2, 0.25) is 0 Å². The van der Waals surface area contributed by atoms with Crippen LogP contribution in [-0.2, 0) is 0 Å². The van der Waals surface area contributed by atoms with Gasteiger partial charge in [0.05, 0.1) is 10.8 Å². The van der Waals surface area contributed by atoms with Gasteiger partial charge in [-0.25, -0.2) is 0 Å². The Morgan fingerprint density at radius 2 is 0.926 bits per heavy atom. The average molecular weight is 363 g/mol. The third kappa shape index (κ3) is 3.63. The van der Waals surface area contributed by atoms with Crippen LogP contribution < -0.4 is 0 Å². The molecule has 0 spiro atoms. The summed E-state index contributed by atoms with van der Waals surface area (Å²) in [5.41, 5.74) is 7.48. The van der Waals surface area contributed by atoms with Crippen molar-refractivity contribution in [1.82, 2.24) is 0 Å². The van der Waals surface area contributed by atoms with E-state index in [0.717, 1.165) is 33.5 Å². The molecule has 0 amide bonds. The molecule has 0 atom stereocenters. The topological polar surface area (TPSA) is 12.4 Å². The minimum atomic E-state index is 0.849. The van der Waals surface area contributed by atoms with E-state index in [1.54, 1.807) is 0 Å². The Labute approximate surface area is 164 Å². The highest BCUT2D eigenvalue weighted by molar-refractivity contribution is 7.78. The van der Waals surface area contributed by atoms with E-state index in [0.29, 0.717) is 0 Å². The van der Waals surface area contributed by atoms with E-state index in [9.17, 15) is 0 Å². The summed E-state index contributed by atoms with van der Waals surface area (Å²) in [5, 5.41) is 2.57. The number of benzene rings is 4. The van der Waals surface area contributed by atoms with E-state index >= 15 is 0 Å². The van der Waals surface area contributed by atoms with E-state index in [2.05, 4.69) is 70.8 Å². The normalized spacial score (nSPS) is 10.2. The molecule has 128 valence electrons. The molecular formula is C25H17NS. The number of nitrogens with zero attached hydrogens (tertiary/aromatic N) is 1. The third-order valence-electron chi connectivity index (χ3n) is 4.54. The largest absolute Gasteiger partial charge is 0.193 e. The summed E-state index contributed by atoms with van der Waals surface area (Å²) in [4.78, 5) is 4.46. The SMILES string of the molecule is S=C=Nc1c(-c2ccccc2)cc(-c2ccccc2)cc1-c1ccccc1. The van der Waals surface area contributed by atoms with E-state index in [1.165, 1.54) is 5.56 Å². The lowest BCUT2D eigenvalue weighted by Gasteiger charge is -2.15. The Balaban J connectivity index is 2.06. The number of thiocarbonyl (C=S) groups is 1. The van der Waals surface area contributed by atoms with Gasteiger partial charge in [-0.3, -0.25) is 0 Å². The molecule has 2 heteroatoms. The first-order chi connectivity index (χ1) is 13.4. The molecule has 27 heavy (non-hydrogen) atoms. The Kier molecular flexibility index (Phi) is 5.02. The quantitative estimate of drug-likeness (QED) is 0.271. The highest BCUT2D eigenvalue weighted by Crippen LogP contribution is 2.42. The van der Waals surface area contributed by atoms with Crippen molar-refractivity contribution in [3.05, 3.63) is 103 Å². The van der Waals surface area contributed by atoms with Gasteiger partial charge >= 0.3 is 0 Å². The minimum Gasteiger partial charge on any atom is -0.193 e. The van der Waals surface area contributed by atoms with Crippen LogP contribution in [0.4, 0.5) is 5.69 Å². The molecule has 0 fully saturated rings. The lowest BCUT2D eigenvalue weighted by Crippen LogP contribution is -1.88. The van der Waals surface area contributed by atoms with Crippen LogP contribution >= 0.6 is 12.2 Å². The molecule has 0 N–H and O–H groups in total. The minimum absolute atomic E-state index is 0.849. The zero-order valence-electron chi connectivity index (χ0n) is 14.7. The van der Waals surface area contributed by atoms with E-state index in [4.69, 9.17) is 12.2 Å². The summed E-state index contributed by atoms with van der Waals surface area (Å²) in [6, 6.07) is 35.4. The third-order valence-corrected chi connectivity index (χ3v) is 4.64. The maximum absolute atomic E-state index is 4.96. The second kappa shape index (κ2) is 7.92. The fourth-order valence-corrected chi connectivity index (χ4v) is 3.36. The molecule has 4 aromatic carbocycles. The Bertz CT molecular complexity index is 1040. The number of hydrogen-bond donors (Lipinski definition) is 0. The number of isothiocyanates is 1. The second-order valence-corrected chi connectivity index (χ2v) is 6.40. The van der Waals surface area contributed by atoms with Gasteiger partial charge in [0.15, 0.2) is 0 Å². The predicted molar refractivity (Wildman–Crippen MR) is 117 cm³/mol. The van der Waals surface area contributed by atoms with Gasteiger partial charge in [-0.15, -0.1) is 0 Å². The molecule has 0 aliphatic heterocycles. The highest BCUT2D eigenvalue weighted by Gasteiger charge is 2.14. The standard InChI is InChI=1S/C25H17NS/c27-18-26-25-23(20-12-6-2-7-13-20)16-22(19-10-4-1-5-11-19)17-24(25)21-14-8-3-9-15-21/h1-17H. The van der Waals surface area contributed by atoms with Gasteiger partial charge in [-0.05, 0) is 46.6 Å². The van der Waals surface area contributed by atoms with Crippen LogP contribution in [0.15, 0.2) is 108 Å². The summed E-state index contributed by atoms with van der Waals surface area (Å²) in [6.07, 6.45) is 0. The maximum atomic E-state index is 4.96. The highest BCUT2D eigenvalue weighted by atomic mass is 32.1. The second-order valence-electron chi connectivity index (χ2n) is 6.22. The summed E-state index contributed by atoms with van der Waals surface area (Å²) in [6.45, 7) is 0. The van der Waals surface area contributed by atoms with Crippen LogP contribution in [0.25, 0.3) is 33.4 Å². The molecule has 0 aromatic heterocycles. The van der Waals surface area contributed by atoms with Gasteiger partial charge in [-0.1, -0.05) is 91.0 Å². The monoisotopic (exact) mass is 363 g/mol. The molecule has 0 bridgehead atoms. The maximum Gasteiger partial charge on any atom is 0.0896 e. The molecule has 4 aromatic rings. The first-order valence-corrected chi connectivity index (χ1v) is 9.20. The summed E-state index contributed by atoms with van der Waals surface area (Å²) in [5.74, 6) is 0. The molecule has 0 radical (unpaired) electrons. The van der Waals surface area contributed by atoms with E-state index in [-0.39, 0.29) is 0 Å². The van der Waals surface area contributed by atoms with Gasteiger partial charge in [0, 0.05) is 11.1 Å². The Morgan fingerprint density at radius 3 is 1.33 bits per heavy atom. The number of rotatable bonds is 4. The van der Waals surface area contributed by atoms with Gasteiger partial charge in [0.25, 0.3) is 0 Å². The Morgan fingerprint density at radius 1 is 0.519 bits per heavy atom. The molecular weight excluding hydrogens is 346 g/mol. The Hall–Kier alpha value is -3.32. The van der Waals surface area contributed by atoms with Crippen LogP contribution in [0.1, 0.15) is 0 Å². The molecule has 0 aliphatic carbocycles. The van der Waals surface area contributed by atoms with Crippen molar-refractivity contribution in [2.45, 2.75) is 0 Å². The molecule has 0 saturated heterocycles. The van der Waals surface area contributed by atoms with Crippen LogP contribution in [-0.4, -0.2) is 5.16 Å². The molecule has 0 saturated carbocycles. The van der Waals surface area contributed by atoms with Gasteiger partial charge in [0.1, 0.15) is 0 Å². The molecule has 0 unspecified atom stereocenters. The van der Waals surface area contributed by atoms with Crippen molar-refractivity contribution in [3.63, 3.8) is 0 Å². The van der Waals surface area contributed by atoms with Crippen LogP contribution in [0.5, 0.6) is 0 Å². The van der Waals surface area contributed by atoms with Crippen molar-refractivity contribution < 1.29 is 0 Å². The van der Waals surface area contributed by atoms with Crippen molar-refractivity contribution in [2.24, 2.45) is 4.99 Å². The average Bonchev–Trinajstić information content (AvgIpc) is 2.76. The molecule has 4 rings (SSSR count). The smallest absolute Gasteiger partial charge is 0.0896 e. The van der Waals surface area contributed by atoms with Crippen molar-refractivity contribution in [2.75, 3.05) is 0 Å². The fraction of sp³-hybridized carbons (Fsp3) is 0. The lowest BCUT2D eigenvalue weighted by molar-refractivity contribution is 1.50.